The van der Waals surface area contributed by atoms with Gasteiger partial charge in [0, 0.05) is 0 Å². The van der Waals surface area contributed by atoms with Gasteiger partial charge in [0.05, 0.1) is 0 Å². The van der Waals surface area contributed by atoms with Crippen LogP contribution in [-0.2, 0) is 17.1 Å². The first-order valence-corrected chi connectivity index (χ1v) is 8.89. The fraction of sp³-hybridized carbons (Fsp3) is 0. The average molecular weight is 388 g/mol. The molecule has 0 amide bonds. The van der Waals surface area contributed by atoms with E-state index >= 15 is 0 Å². The summed E-state index contributed by atoms with van der Waals surface area (Å²) in [4.78, 5) is 0. The number of fused-ring (bicyclic) bond motifs is 2. The third kappa shape index (κ3) is 4.46. The SMILES string of the molecule is C(=C[c-]1cccc1)c1c2ccccc2cc2ccccc12.[Fe+2].c1cc[cH-]c1. The van der Waals surface area contributed by atoms with E-state index in [1.165, 1.54) is 32.7 Å². The largest absolute Gasteiger partial charge is 2.00 e. The van der Waals surface area contributed by atoms with E-state index < -0.39 is 0 Å². The Morgan fingerprint density at radius 2 is 1.22 bits per heavy atom. The standard InChI is InChI=1S/C21H15.C5H5.Fe/c1-2-8-16(7-1)13-14-21-19-11-5-3-9-17(19)15-18-10-4-6-12-20(18)21;1-2-4-5-3-1;/h1-15H;1-5H;/q2*-1;+2. The Kier molecular flexibility index (Phi) is 6.44. The van der Waals surface area contributed by atoms with Crippen molar-refractivity contribution in [2.24, 2.45) is 0 Å². The Morgan fingerprint density at radius 1 is 0.667 bits per heavy atom. The molecule has 5 aromatic carbocycles. The van der Waals surface area contributed by atoms with Gasteiger partial charge in [-0.2, -0.15) is 30.3 Å². The molecule has 0 aliphatic carbocycles. The molecule has 0 N–H and O–H groups in total. The monoisotopic (exact) mass is 388 g/mol. The molecule has 0 nitrogen and oxygen atoms in total. The minimum absolute atomic E-state index is 0. The zero-order chi connectivity index (χ0) is 17.6. The van der Waals surface area contributed by atoms with Crippen molar-refractivity contribution in [1.29, 1.82) is 0 Å². The summed E-state index contributed by atoms with van der Waals surface area (Å²) in [5.41, 5.74) is 2.54. The van der Waals surface area contributed by atoms with Gasteiger partial charge in [0.15, 0.2) is 0 Å². The van der Waals surface area contributed by atoms with Gasteiger partial charge in [-0.15, -0.1) is 29.8 Å². The van der Waals surface area contributed by atoms with Gasteiger partial charge in [-0.25, -0.2) is 12.1 Å². The molecule has 5 aromatic rings. The maximum Gasteiger partial charge on any atom is 2.00 e. The third-order valence-corrected chi connectivity index (χ3v) is 4.50. The number of hydrogen-bond acceptors (Lipinski definition) is 0. The quantitative estimate of drug-likeness (QED) is 0.169. The van der Waals surface area contributed by atoms with Gasteiger partial charge in [0.1, 0.15) is 0 Å². The van der Waals surface area contributed by atoms with E-state index in [0.717, 1.165) is 0 Å². The minimum Gasteiger partial charge on any atom is -0.214 e. The first-order valence-electron chi connectivity index (χ1n) is 8.89. The van der Waals surface area contributed by atoms with Crippen LogP contribution < -0.4 is 0 Å². The molecule has 0 radical (unpaired) electrons. The number of hydrogen-bond donors (Lipinski definition) is 0. The van der Waals surface area contributed by atoms with E-state index in [4.69, 9.17) is 0 Å². The molecular weight excluding hydrogens is 368 g/mol. The van der Waals surface area contributed by atoms with E-state index in [2.05, 4.69) is 91.0 Å². The molecule has 5 rings (SSSR count). The van der Waals surface area contributed by atoms with Crippen LogP contribution in [0.25, 0.3) is 33.7 Å². The van der Waals surface area contributed by atoms with Crippen LogP contribution in [0.5, 0.6) is 0 Å². The van der Waals surface area contributed by atoms with Crippen LogP contribution in [0.4, 0.5) is 0 Å². The molecule has 0 spiro atoms. The Hall–Kier alpha value is -2.86. The molecule has 27 heavy (non-hydrogen) atoms. The Labute approximate surface area is 171 Å². The molecule has 0 aliphatic heterocycles. The molecule has 0 unspecified atom stereocenters. The molecule has 0 aliphatic rings. The van der Waals surface area contributed by atoms with Crippen LogP contribution in [0.2, 0.25) is 0 Å². The fourth-order valence-electron chi connectivity index (χ4n) is 3.23. The van der Waals surface area contributed by atoms with E-state index in [0.29, 0.717) is 0 Å². The first-order chi connectivity index (χ1) is 12.9. The van der Waals surface area contributed by atoms with E-state index in [9.17, 15) is 0 Å². The zero-order valence-electron chi connectivity index (χ0n) is 14.9. The van der Waals surface area contributed by atoms with Gasteiger partial charge < -0.3 is 0 Å². The normalized spacial score (nSPS) is 10.5. The molecule has 132 valence electrons. The first kappa shape index (κ1) is 18.9. The van der Waals surface area contributed by atoms with Crippen LogP contribution in [0.1, 0.15) is 11.1 Å². The second kappa shape index (κ2) is 9.19. The van der Waals surface area contributed by atoms with Crippen molar-refractivity contribution >= 4 is 33.7 Å². The average Bonchev–Trinajstić information content (AvgIpc) is 3.42. The molecule has 1 heteroatoms. The summed E-state index contributed by atoms with van der Waals surface area (Å²) in [5, 5.41) is 5.19. The molecule has 0 saturated heterocycles. The van der Waals surface area contributed by atoms with Gasteiger partial charge in [0.25, 0.3) is 0 Å². The molecule has 0 atom stereocenters. The van der Waals surface area contributed by atoms with Crippen LogP contribution in [-0.4, -0.2) is 0 Å². The summed E-state index contributed by atoms with van der Waals surface area (Å²) < 4.78 is 0. The topological polar surface area (TPSA) is 0 Å². The summed E-state index contributed by atoms with van der Waals surface area (Å²) in [6.45, 7) is 0. The van der Waals surface area contributed by atoms with Gasteiger partial charge in [-0.05, 0) is 27.6 Å². The second-order valence-corrected chi connectivity index (χ2v) is 6.25. The predicted molar refractivity (Wildman–Crippen MR) is 114 cm³/mol. The molecule has 0 bridgehead atoms. The van der Waals surface area contributed by atoms with Crippen LogP contribution in [0.3, 0.4) is 0 Å². The van der Waals surface area contributed by atoms with Gasteiger partial charge in [-0.1, -0.05) is 54.1 Å². The van der Waals surface area contributed by atoms with Crippen molar-refractivity contribution in [3.8, 4) is 0 Å². The summed E-state index contributed by atoms with van der Waals surface area (Å²) in [5.74, 6) is 0. The van der Waals surface area contributed by atoms with E-state index in [1.807, 2.05) is 30.3 Å². The molecule has 0 saturated carbocycles. The predicted octanol–water partition coefficient (Wildman–Crippen LogP) is 7.29. The van der Waals surface area contributed by atoms with Crippen molar-refractivity contribution in [2.45, 2.75) is 0 Å². The smallest absolute Gasteiger partial charge is 0.214 e. The number of benzene rings is 3. The van der Waals surface area contributed by atoms with Crippen molar-refractivity contribution in [1.82, 2.24) is 0 Å². The van der Waals surface area contributed by atoms with Crippen molar-refractivity contribution in [3.05, 3.63) is 120 Å². The summed E-state index contributed by atoms with van der Waals surface area (Å²) in [6, 6.07) is 37.8. The summed E-state index contributed by atoms with van der Waals surface area (Å²) >= 11 is 0. The summed E-state index contributed by atoms with van der Waals surface area (Å²) in [7, 11) is 0. The van der Waals surface area contributed by atoms with Gasteiger partial charge in [0.2, 0.25) is 0 Å². The van der Waals surface area contributed by atoms with E-state index in [1.54, 1.807) is 0 Å². The maximum atomic E-state index is 2.27. The zero-order valence-corrected chi connectivity index (χ0v) is 16.0. The minimum atomic E-state index is 0. The Morgan fingerprint density at radius 3 is 1.74 bits per heavy atom. The molecule has 0 aromatic heterocycles. The van der Waals surface area contributed by atoms with Crippen LogP contribution >= 0.6 is 0 Å². The van der Waals surface area contributed by atoms with Crippen molar-refractivity contribution in [3.63, 3.8) is 0 Å². The van der Waals surface area contributed by atoms with Gasteiger partial charge >= 0.3 is 17.1 Å². The van der Waals surface area contributed by atoms with Crippen LogP contribution in [0, 0.1) is 0 Å². The fourth-order valence-corrected chi connectivity index (χ4v) is 3.23. The van der Waals surface area contributed by atoms with Gasteiger partial charge in [-0.3, -0.25) is 0 Å². The van der Waals surface area contributed by atoms with Crippen molar-refractivity contribution in [2.75, 3.05) is 0 Å². The second-order valence-electron chi connectivity index (χ2n) is 6.25. The Balaban J connectivity index is 0.000000306. The summed E-state index contributed by atoms with van der Waals surface area (Å²) in [6.07, 6.45) is 4.42. The third-order valence-electron chi connectivity index (χ3n) is 4.50. The van der Waals surface area contributed by atoms with Crippen LogP contribution in [0.15, 0.2) is 109 Å². The molecular formula is C26H20Fe. The Bertz CT molecular complexity index is 1040. The van der Waals surface area contributed by atoms with E-state index in [-0.39, 0.29) is 17.1 Å². The van der Waals surface area contributed by atoms with Crippen molar-refractivity contribution < 1.29 is 17.1 Å². The number of rotatable bonds is 2. The molecule has 0 fully saturated rings. The maximum absolute atomic E-state index is 2.27. The molecule has 0 heterocycles.